The molecule has 0 unspecified atom stereocenters. The Kier molecular flexibility index (Phi) is 3.77. The Morgan fingerprint density at radius 1 is 1.14 bits per heavy atom. The first-order valence-corrected chi connectivity index (χ1v) is 4.62. The Labute approximate surface area is 85.0 Å². The van der Waals surface area contributed by atoms with Crippen molar-refractivity contribution in [2.24, 2.45) is 0 Å². The molecule has 3 nitrogen and oxygen atoms in total. The molecule has 1 atom stereocenters. The first-order chi connectivity index (χ1) is 6.72. The van der Waals surface area contributed by atoms with Crippen molar-refractivity contribution in [1.29, 1.82) is 0 Å². The van der Waals surface area contributed by atoms with Crippen molar-refractivity contribution >= 4 is 0 Å². The van der Waals surface area contributed by atoms with E-state index in [4.69, 9.17) is 9.47 Å². The van der Waals surface area contributed by atoms with Crippen LogP contribution >= 0.6 is 0 Å². The average Bonchev–Trinajstić information content (AvgIpc) is 2.26. The quantitative estimate of drug-likeness (QED) is 0.797. The summed E-state index contributed by atoms with van der Waals surface area (Å²) in [6.45, 7) is 2.10. The molecule has 0 radical (unpaired) electrons. The topological polar surface area (TPSA) is 30.5 Å². The maximum Gasteiger partial charge on any atom is 0.161 e. The highest BCUT2D eigenvalue weighted by molar-refractivity contribution is 5.43. The van der Waals surface area contributed by atoms with Gasteiger partial charge in [-0.2, -0.15) is 0 Å². The van der Waals surface area contributed by atoms with Crippen LogP contribution in [0.15, 0.2) is 18.2 Å². The van der Waals surface area contributed by atoms with Gasteiger partial charge in [-0.15, -0.1) is 0 Å². The van der Waals surface area contributed by atoms with Crippen LogP contribution in [0, 0.1) is 0 Å². The van der Waals surface area contributed by atoms with Crippen molar-refractivity contribution in [3.63, 3.8) is 0 Å². The van der Waals surface area contributed by atoms with Gasteiger partial charge >= 0.3 is 0 Å². The van der Waals surface area contributed by atoms with Crippen molar-refractivity contribution in [3.8, 4) is 11.5 Å². The minimum atomic E-state index is 0.315. The molecule has 0 fully saturated rings. The van der Waals surface area contributed by atoms with Crippen molar-refractivity contribution in [1.82, 2.24) is 5.32 Å². The maximum absolute atomic E-state index is 5.22. The minimum absolute atomic E-state index is 0.315. The van der Waals surface area contributed by atoms with Crippen LogP contribution in [-0.2, 0) is 0 Å². The van der Waals surface area contributed by atoms with E-state index in [0.717, 1.165) is 11.5 Å². The number of benzene rings is 1. The molecular formula is C11H17NO2. The van der Waals surface area contributed by atoms with Crippen LogP contribution in [0.1, 0.15) is 18.5 Å². The van der Waals surface area contributed by atoms with E-state index < -0.39 is 0 Å². The molecule has 0 aliphatic rings. The smallest absolute Gasteiger partial charge is 0.161 e. The number of methoxy groups -OCH3 is 2. The molecule has 0 saturated heterocycles. The molecule has 1 aromatic carbocycles. The number of rotatable bonds is 4. The third-order valence-corrected chi connectivity index (χ3v) is 2.34. The molecule has 0 saturated carbocycles. The molecule has 78 valence electrons. The standard InChI is InChI=1S/C11H17NO2/c1-8(12-2)9-5-6-10(13-3)11(7-9)14-4/h5-8,12H,1-4H3/t8-/m1/s1. The van der Waals surface area contributed by atoms with Crippen LogP contribution < -0.4 is 14.8 Å². The van der Waals surface area contributed by atoms with Crippen LogP contribution in [0.5, 0.6) is 11.5 Å². The Morgan fingerprint density at radius 3 is 2.29 bits per heavy atom. The molecule has 1 N–H and O–H groups in total. The summed E-state index contributed by atoms with van der Waals surface area (Å²) >= 11 is 0. The summed E-state index contributed by atoms with van der Waals surface area (Å²) in [7, 11) is 5.21. The lowest BCUT2D eigenvalue weighted by atomic mass is 10.1. The number of nitrogens with one attached hydrogen (secondary N) is 1. The van der Waals surface area contributed by atoms with E-state index in [-0.39, 0.29) is 0 Å². The van der Waals surface area contributed by atoms with Gasteiger partial charge in [0.05, 0.1) is 14.2 Å². The van der Waals surface area contributed by atoms with Crippen molar-refractivity contribution in [2.45, 2.75) is 13.0 Å². The summed E-state index contributed by atoms with van der Waals surface area (Å²) in [6, 6.07) is 6.25. The van der Waals surface area contributed by atoms with Gasteiger partial charge in [-0.3, -0.25) is 0 Å². The molecule has 1 rings (SSSR count). The van der Waals surface area contributed by atoms with E-state index in [0.29, 0.717) is 6.04 Å². The summed E-state index contributed by atoms with van der Waals surface area (Å²) in [5.74, 6) is 1.53. The van der Waals surface area contributed by atoms with E-state index in [2.05, 4.69) is 12.2 Å². The van der Waals surface area contributed by atoms with Gasteiger partial charge in [-0.1, -0.05) is 6.07 Å². The van der Waals surface area contributed by atoms with Gasteiger partial charge in [0.25, 0.3) is 0 Å². The van der Waals surface area contributed by atoms with E-state index >= 15 is 0 Å². The zero-order valence-corrected chi connectivity index (χ0v) is 9.13. The van der Waals surface area contributed by atoms with Crippen LogP contribution in [0.4, 0.5) is 0 Å². The second kappa shape index (κ2) is 4.86. The molecular weight excluding hydrogens is 178 g/mol. The molecule has 0 spiro atoms. The summed E-state index contributed by atoms with van der Waals surface area (Å²) in [6.07, 6.45) is 0. The van der Waals surface area contributed by atoms with Gasteiger partial charge in [0, 0.05) is 6.04 Å². The molecule has 0 aliphatic heterocycles. The van der Waals surface area contributed by atoms with Crippen LogP contribution in [0.25, 0.3) is 0 Å². The van der Waals surface area contributed by atoms with Crippen molar-refractivity contribution in [3.05, 3.63) is 23.8 Å². The molecule has 3 heteroatoms. The fraction of sp³-hybridized carbons (Fsp3) is 0.455. The second-order valence-electron chi connectivity index (χ2n) is 3.12. The Bertz CT molecular complexity index is 299. The minimum Gasteiger partial charge on any atom is -0.493 e. The van der Waals surface area contributed by atoms with Crippen molar-refractivity contribution in [2.75, 3.05) is 21.3 Å². The van der Waals surface area contributed by atoms with Gasteiger partial charge in [0.2, 0.25) is 0 Å². The fourth-order valence-electron chi connectivity index (χ4n) is 1.29. The largest absolute Gasteiger partial charge is 0.493 e. The fourth-order valence-corrected chi connectivity index (χ4v) is 1.29. The zero-order chi connectivity index (χ0) is 10.6. The Hall–Kier alpha value is -1.22. The summed E-state index contributed by atoms with van der Waals surface area (Å²) in [5.41, 5.74) is 1.19. The third kappa shape index (κ3) is 2.17. The van der Waals surface area contributed by atoms with Crippen molar-refractivity contribution < 1.29 is 9.47 Å². The molecule has 0 aromatic heterocycles. The predicted molar refractivity (Wildman–Crippen MR) is 57.0 cm³/mol. The van der Waals surface area contributed by atoms with Gasteiger partial charge in [-0.25, -0.2) is 0 Å². The summed E-state index contributed by atoms with van der Waals surface area (Å²) in [5, 5.41) is 3.17. The van der Waals surface area contributed by atoms with Crippen LogP contribution in [0.2, 0.25) is 0 Å². The molecule has 0 amide bonds. The Balaban J connectivity index is 3.01. The average molecular weight is 195 g/mol. The second-order valence-corrected chi connectivity index (χ2v) is 3.12. The normalized spacial score (nSPS) is 12.3. The lowest BCUT2D eigenvalue weighted by Gasteiger charge is -2.13. The van der Waals surface area contributed by atoms with Gasteiger partial charge in [0.1, 0.15) is 0 Å². The number of hydrogen-bond donors (Lipinski definition) is 1. The highest BCUT2D eigenvalue weighted by atomic mass is 16.5. The highest BCUT2D eigenvalue weighted by Crippen LogP contribution is 2.29. The highest BCUT2D eigenvalue weighted by Gasteiger charge is 2.07. The van der Waals surface area contributed by atoms with Gasteiger partial charge < -0.3 is 14.8 Å². The third-order valence-electron chi connectivity index (χ3n) is 2.34. The lowest BCUT2D eigenvalue weighted by molar-refractivity contribution is 0.354. The maximum atomic E-state index is 5.22. The summed E-state index contributed by atoms with van der Waals surface area (Å²) in [4.78, 5) is 0. The Morgan fingerprint density at radius 2 is 1.79 bits per heavy atom. The number of hydrogen-bond acceptors (Lipinski definition) is 3. The first kappa shape index (κ1) is 10.9. The summed E-state index contributed by atoms with van der Waals surface area (Å²) < 4.78 is 10.4. The molecule has 1 aromatic rings. The zero-order valence-electron chi connectivity index (χ0n) is 9.13. The first-order valence-electron chi connectivity index (χ1n) is 4.62. The predicted octanol–water partition coefficient (Wildman–Crippen LogP) is 1.98. The monoisotopic (exact) mass is 195 g/mol. The van der Waals surface area contributed by atoms with E-state index in [1.54, 1.807) is 14.2 Å². The molecule has 0 aliphatic carbocycles. The SMILES string of the molecule is CN[C@H](C)c1ccc(OC)c(OC)c1. The van der Waals surface area contributed by atoms with E-state index in [1.165, 1.54) is 5.56 Å². The molecule has 0 bridgehead atoms. The van der Waals surface area contributed by atoms with E-state index in [1.807, 2.05) is 25.2 Å². The van der Waals surface area contributed by atoms with Crippen LogP contribution in [-0.4, -0.2) is 21.3 Å². The van der Waals surface area contributed by atoms with Crippen LogP contribution in [0.3, 0.4) is 0 Å². The lowest BCUT2D eigenvalue weighted by Crippen LogP contribution is -2.12. The molecule has 14 heavy (non-hydrogen) atoms. The molecule has 0 heterocycles. The number of ether oxygens (including phenoxy) is 2. The van der Waals surface area contributed by atoms with E-state index in [9.17, 15) is 0 Å². The van der Waals surface area contributed by atoms with Gasteiger partial charge in [-0.05, 0) is 31.7 Å². The van der Waals surface area contributed by atoms with Gasteiger partial charge in [0.15, 0.2) is 11.5 Å².